The fourth-order valence-corrected chi connectivity index (χ4v) is 3.64. The molecule has 3 rings (SSSR count). The number of benzene rings is 1. The summed E-state index contributed by atoms with van der Waals surface area (Å²) in [5.74, 6) is 1.46. The second-order valence-corrected chi connectivity index (χ2v) is 5.74. The number of amides is 1. The van der Waals surface area contributed by atoms with Crippen LogP contribution in [0.15, 0.2) is 24.3 Å². The van der Waals surface area contributed by atoms with Crippen LogP contribution in [0.2, 0.25) is 0 Å². The largest absolute Gasteiger partial charge is 0.497 e. The van der Waals surface area contributed by atoms with Crippen LogP contribution in [0.25, 0.3) is 0 Å². The van der Waals surface area contributed by atoms with Crippen LogP contribution in [0.1, 0.15) is 31.2 Å². The predicted octanol–water partition coefficient (Wildman–Crippen LogP) is 1.76. The van der Waals surface area contributed by atoms with E-state index in [1.54, 1.807) is 14.0 Å². The molecule has 0 bridgehead atoms. The first kappa shape index (κ1) is 13.4. The van der Waals surface area contributed by atoms with E-state index in [4.69, 9.17) is 4.74 Å². The summed E-state index contributed by atoms with van der Waals surface area (Å²) in [6.07, 6.45) is 2.27. The lowest BCUT2D eigenvalue weighted by Crippen LogP contribution is -2.49. The Hall–Kier alpha value is -1.55. The van der Waals surface area contributed by atoms with Crippen molar-refractivity contribution in [1.82, 2.24) is 10.2 Å². The summed E-state index contributed by atoms with van der Waals surface area (Å²) in [5.41, 5.74) is 1.29. The fourth-order valence-electron chi connectivity index (χ4n) is 3.64. The quantitative estimate of drug-likeness (QED) is 0.893. The molecule has 1 N–H and O–H groups in total. The van der Waals surface area contributed by atoms with Crippen LogP contribution in [-0.2, 0) is 4.79 Å². The molecule has 0 aliphatic carbocycles. The highest BCUT2D eigenvalue weighted by atomic mass is 16.5. The highest BCUT2D eigenvalue weighted by Gasteiger charge is 2.44. The molecule has 0 radical (unpaired) electrons. The van der Waals surface area contributed by atoms with Gasteiger partial charge < -0.3 is 15.0 Å². The Morgan fingerprint density at radius 2 is 2.10 bits per heavy atom. The van der Waals surface area contributed by atoms with Crippen LogP contribution < -0.4 is 10.1 Å². The second-order valence-electron chi connectivity index (χ2n) is 5.74. The zero-order chi connectivity index (χ0) is 14.1. The Morgan fingerprint density at radius 1 is 1.35 bits per heavy atom. The molecule has 2 heterocycles. The minimum atomic E-state index is 0.194. The van der Waals surface area contributed by atoms with Gasteiger partial charge in [-0.1, -0.05) is 12.1 Å². The Balaban J connectivity index is 1.86. The van der Waals surface area contributed by atoms with E-state index in [9.17, 15) is 4.79 Å². The van der Waals surface area contributed by atoms with E-state index in [2.05, 4.69) is 17.4 Å². The fraction of sp³-hybridized carbons (Fsp3) is 0.562. The van der Waals surface area contributed by atoms with Crippen molar-refractivity contribution in [3.63, 3.8) is 0 Å². The molecule has 0 unspecified atom stereocenters. The molecule has 4 nitrogen and oxygen atoms in total. The van der Waals surface area contributed by atoms with Gasteiger partial charge in [-0.15, -0.1) is 0 Å². The van der Waals surface area contributed by atoms with E-state index >= 15 is 0 Å². The molecule has 3 atom stereocenters. The third kappa shape index (κ3) is 2.29. The van der Waals surface area contributed by atoms with Gasteiger partial charge >= 0.3 is 0 Å². The zero-order valence-electron chi connectivity index (χ0n) is 12.1. The van der Waals surface area contributed by atoms with Crippen LogP contribution in [0.5, 0.6) is 5.75 Å². The summed E-state index contributed by atoms with van der Waals surface area (Å²) in [5, 5.41) is 3.62. The average Bonchev–Trinajstić information content (AvgIpc) is 2.87. The molecular formula is C16H22N2O2. The van der Waals surface area contributed by atoms with Gasteiger partial charge in [-0.2, -0.15) is 0 Å². The highest BCUT2D eigenvalue weighted by molar-refractivity contribution is 5.74. The monoisotopic (exact) mass is 274 g/mol. The van der Waals surface area contributed by atoms with Crippen molar-refractivity contribution in [2.24, 2.45) is 0 Å². The second kappa shape index (κ2) is 5.44. The number of rotatable bonds is 2. The van der Waals surface area contributed by atoms with Crippen LogP contribution in [0.3, 0.4) is 0 Å². The first-order chi connectivity index (χ1) is 9.70. The van der Waals surface area contributed by atoms with Gasteiger partial charge in [-0.05, 0) is 37.1 Å². The third-order valence-corrected chi connectivity index (χ3v) is 4.65. The molecule has 0 aromatic heterocycles. The van der Waals surface area contributed by atoms with Crippen molar-refractivity contribution in [3.05, 3.63) is 29.8 Å². The topological polar surface area (TPSA) is 41.6 Å². The van der Waals surface area contributed by atoms with Gasteiger partial charge in [-0.3, -0.25) is 4.79 Å². The van der Waals surface area contributed by atoms with Crippen LogP contribution in [0, 0.1) is 0 Å². The molecule has 0 spiro atoms. The van der Waals surface area contributed by atoms with Gasteiger partial charge in [0.25, 0.3) is 0 Å². The normalized spacial score (nSPS) is 29.1. The molecule has 2 aliphatic rings. The Labute approximate surface area is 120 Å². The lowest BCUT2D eigenvalue weighted by molar-refractivity contribution is -0.130. The molecular weight excluding hydrogens is 252 g/mol. The van der Waals surface area contributed by atoms with Crippen molar-refractivity contribution >= 4 is 5.91 Å². The van der Waals surface area contributed by atoms with Gasteiger partial charge in [-0.25, -0.2) is 0 Å². The summed E-state index contributed by atoms with van der Waals surface area (Å²) < 4.78 is 5.22. The maximum absolute atomic E-state index is 11.9. The molecule has 1 aromatic rings. The van der Waals surface area contributed by atoms with Crippen LogP contribution in [0.4, 0.5) is 0 Å². The first-order valence-electron chi connectivity index (χ1n) is 7.35. The van der Waals surface area contributed by atoms with Crippen molar-refractivity contribution in [2.75, 3.05) is 20.2 Å². The maximum Gasteiger partial charge on any atom is 0.219 e. The predicted molar refractivity (Wildman–Crippen MR) is 77.9 cm³/mol. The minimum Gasteiger partial charge on any atom is -0.497 e. The molecule has 2 aliphatic heterocycles. The summed E-state index contributed by atoms with van der Waals surface area (Å²) in [6, 6.07) is 9.00. The SMILES string of the molecule is COc1ccc([C@@H]2CN(C(C)=O)[C@@H]3CCCN[C@@H]32)cc1. The average molecular weight is 274 g/mol. The number of fused-ring (bicyclic) bond motifs is 1. The van der Waals surface area contributed by atoms with E-state index in [1.165, 1.54) is 5.56 Å². The van der Waals surface area contributed by atoms with Gasteiger partial charge in [0, 0.05) is 31.5 Å². The van der Waals surface area contributed by atoms with E-state index in [1.807, 2.05) is 17.0 Å². The first-order valence-corrected chi connectivity index (χ1v) is 7.35. The summed E-state index contributed by atoms with van der Waals surface area (Å²) >= 11 is 0. The van der Waals surface area contributed by atoms with Gasteiger partial charge in [0.2, 0.25) is 5.91 Å². The number of piperidine rings is 1. The van der Waals surface area contributed by atoms with Gasteiger partial charge in [0.1, 0.15) is 5.75 Å². The van der Waals surface area contributed by atoms with E-state index in [0.29, 0.717) is 18.0 Å². The summed E-state index contributed by atoms with van der Waals surface area (Å²) in [7, 11) is 1.68. The van der Waals surface area contributed by atoms with Crippen molar-refractivity contribution in [1.29, 1.82) is 0 Å². The molecule has 108 valence electrons. The Morgan fingerprint density at radius 3 is 2.75 bits per heavy atom. The molecule has 1 amide bonds. The number of hydrogen-bond acceptors (Lipinski definition) is 3. The molecule has 20 heavy (non-hydrogen) atoms. The van der Waals surface area contributed by atoms with Crippen LogP contribution in [-0.4, -0.2) is 43.1 Å². The van der Waals surface area contributed by atoms with E-state index in [0.717, 1.165) is 31.7 Å². The number of hydrogen-bond donors (Lipinski definition) is 1. The molecule has 4 heteroatoms. The lowest BCUT2D eigenvalue weighted by Gasteiger charge is -2.33. The van der Waals surface area contributed by atoms with Crippen molar-refractivity contribution < 1.29 is 9.53 Å². The van der Waals surface area contributed by atoms with Crippen LogP contribution >= 0.6 is 0 Å². The Bertz CT molecular complexity index is 486. The Kier molecular flexibility index (Phi) is 3.66. The minimum absolute atomic E-state index is 0.194. The maximum atomic E-state index is 11.9. The summed E-state index contributed by atoms with van der Waals surface area (Å²) in [4.78, 5) is 13.9. The standard InChI is InChI=1S/C16H22N2O2/c1-11(19)18-10-14(16-15(18)4-3-9-17-16)12-5-7-13(20-2)8-6-12/h5-8,14-17H,3-4,9-10H2,1-2H3/t14-,15+,16+/m0/s1. The molecule has 2 fully saturated rings. The number of carbonyl (C=O) groups excluding carboxylic acids is 1. The highest BCUT2D eigenvalue weighted by Crippen LogP contribution is 2.36. The molecule has 0 saturated carbocycles. The zero-order valence-corrected chi connectivity index (χ0v) is 12.1. The van der Waals surface area contributed by atoms with Gasteiger partial charge in [0.05, 0.1) is 7.11 Å². The number of methoxy groups -OCH3 is 1. The molecule has 2 saturated heterocycles. The van der Waals surface area contributed by atoms with E-state index < -0.39 is 0 Å². The number of ether oxygens (including phenoxy) is 1. The molecule has 1 aromatic carbocycles. The van der Waals surface area contributed by atoms with E-state index in [-0.39, 0.29) is 5.91 Å². The third-order valence-electron chi connectivity index (χ3n) is 4.65. The smallest absolute Gasteiger partial charge is 0.219 e. The van der Waals surface area contributed by atoms with Crippen molar-refractivity contribution in [3.8, 4) is 5.75 Å². The number of carbonyl (C=O) groups is 1. The lowest BCUT2D eigenvalue weighted by atomic mass is 9.87. The number of nitrogens with zero attached hydrogens (tertiary/aromatic N) is 1. The number of likely N-dealkylation sites (tertiary alicyclic amines) is 1. The number of nitrogens with one attached hydrogen (secondary N) is 1. The summed E-state index contributed by atoms with van der Waals surface area (Å²) in [6.45, 7) is 3.56. The van der Waals surface area contributed by atoms with Crippen molar-refractivity contribution in [2.45, 2.75) is 37.8 Å². The van der Waals surface area contributed by atoms with Gasteiger partial charge in [0.15, 0.2) is 0 Å².